The monoisotopic (exact) mass is 256 g/mol. The Morgan fingerprint density at radius 2 is 1.94 bits per heavy atom. The fourth-order valence-corrected chi connectivity index (χ4v) is 3.45. The lowest BCUT2D eigenvalue weighted by Crippen LogP contribution is -2.57. The minimum absolute atomic E-state index is 0.0929. The van der Waals surface area contributed by atoms with Crippen LogP contribution in [0.1, 0.15) is 46.5 Å². The Morgan fingerprint density at radius 1 is 1.35 bits per heavy atom. The highest BCUT2D eigenvalue weighted by Crippen LogP contribution is 2.41. The van der Waals surface area contributed by atoms with E-state index >= 15 is 0 Å². The van der Waals surface area contributed by atoms with E-state index in [4.69, 9.17) is 0 Å². The highest BCUT2D eigenvalue weighted by atomic mass is 32.2. The molecule has 2 heterocycles. The van der Waals surface area contributed by atoms with Crippen molar-refractivity contribution in [1.29, 1.82) is 0 Å². The van der Waals surface area contributed by atoms with Crippen molar-refractivity contribution in [2.24, 2.45) is 10.3 Å². The average molecular weight is 256 g/mol. The molecule has 1 unspecified atom stereocenters. The van der Waals surface area contributed by atoms with E-state index in [1.807, 2.05) is 27.0 Å². The lowest BCUT2D eigenvalue weighted by Gasteiger charge is -2.51. The Balaban J connectivity index is 2.11. The quantitative estimate of drug-likeness (QED) is 0.711. The summed E-state index contributed by atoms with van der Waals surface area (Å²) in [6.45, 7) is 7.09. The summed E-state index contributed by atoms with van der Waals surface area (Å²) in [5, 5.41) is 0. The summed E-state index contributed by atoms with van der Waals surface area (Å²) in [5.74, 6) is 0.878. The smallest absolute Gasteiger partial charge is 0.144 e. The second-order valence-electron chi connectivity index (χ2n) is 6.52. The first-order valence-electron chi connectivity index (χ1n) is 6.52. The molecule has 0 spiro atoms. The van der Waals surface area contributed by atoms with Crippen LogP contribution in [0, 0.1) is 5.92 Å². The third kappa shape index (κ3) is 2.63. The van der Waals surface area contributed by atoms with Crippen LogP contribution in [0.3, 0.4) is 0 Å². The van der Waals surface area contributed by atoms with Gasteiger partial charge in [-0.1, -0.05) is 0 Å². The first-order valence-corrected chi connectivity index (χ1v) is 7.63. The van der Waals surface area contributed by atoms with Crippen LogP contribution in [0.2, 0.25) is 0 Å². The number of nitrogens with zero attached hydrogens (tertiary/aromatic N) is 2. The molecule has 0 aromatic carbocycles. The SMILES string of the molecule is CN1CC2CCC1(C=NS(=O)C(C)(C)C)CC2. The summed E-state index contributed by atoms with van der Waals surface area (Å²) in [7, 11) is 1.06. The normalized spacial score (nSPS) is 36.6. The third-order valence-corrected chi connectivity index (χ3v) is 5.52. The molecule has 3 aliphatic rings. The van der Waals surface area contributed by atoms with Gasteiger partial charge in [0, 0.05) is 12.8 Å². The Kier molecular flexibility index (Phi) is 3.47. The summed E-state index contributed by atoms with van der Waals surface area (Å²) >= 11 is 0. The predicted octanol–water partition coefficient (Wildman–Crippen LogP) is 2.39. The maximum absolute atomic E-state index is 12.0. The zero-order valence-electron chi connectivity index (χ0n) is 11.4. The molecule has 4 heteroatoms. The van der Waals surface area contributed by atoms with E-state index in [0.29, 0.717) is 0 Å². The van der Waals surface area contributed by atoms with E-state index in [9.17, 15) is 4.21 Å². The van der Waals surface area contributed by atoms with Crippen LogP contribution in [0.4, 0.5) is 0 Å². The van der Waals surface area contributed by atoms with Gasteiger partial charge in [0.05, 0.1) is 10.3 Å². The highest BCUT2D eigenvalue weighted by molar-refractivity contribution is 7.85. The van der Waals surface area contributed by atoms with E-state index < -0.39 is 11.0 Å². The molecule has 2 aliphatic heterocycles. The van der Waals surface area contributed by atoms with Crippen LogP contribution in [0.25, 0.3) is 0 Å². The van der Waals surface area contributed by atoms with Crippen molar-refractivity contribution in [2.75, 3.05) is 13.6 Å². The summed E-state index contributed by atoms with van der Waals surface area (Å²) in [6, 6.07) is 0. The van der Waals surface area contributed by atoms with Gasteiger partial charge in [-0.2, -0.15) is 4.40 Å². The summed E-state index contributed by atoms with van der Waals surface area (Å²) in [6.07, 6.45) is 6.96. The van der Waals surface area contributed by atoms with E-state index in [1.165, 1.54) is 32.2 Å². The van der Waals surface area contributed by atoms with Gasteiger partial charge in [0.1, 0.15) is 11.0 Å². The van der Waals surface area contributed by atoms with Crippen molar-refractivity contribution in [1.82, 2.24) is 4.90 Å². The molecule has 2 saturated heterocycles. The number of rotatable bonds is 2. The fourth-order valence-electron chi connectivity index (χ4n) is 2.84. The third-order valence-electron chi connectivity index (χ3n) is 4.18. The molecule has 0 amide bonds. The van der Waals surface area contributed by atoms with E-state index in [-0.39, 0.29) is 10.3 Å². The summed E-state index contributed by atoms with van der Waals surface area (Å²) in [4.78, 5) is 2.41. The number of piperidine rings is 2. The second-order valence-corrected chi connectivity index (χ2v) is 8.46. The molecule has 0 radical (unpaired) electrons. The lowest BCUT2D eigenvalue weighted by molar-refractivity contribution is 0.0359. The second kappa shape index (κ2) is 4.47. The van der Waals surface area contributed by atoms with Crippen LogP contribution in [-0.2, 0) is 11.0 Å². The van der Waals surface area contributed by atoms with Crippen molar-refractivity contribution in [3.63, 3.8) is 0 Å². The summed E-state index contributed by atoms with van der Waals surface area (Å²) < 4.78 is 16.1. The Hall–Kier alpha value is -0.220. The fraction of sp³-hybridized carbons (Fsp3) is 0.923. The van der Waals surface area contributed by atoms with Crippen LogP contribution in [-0.4, -0.2) is 39.2 Å². The average Bonchev–Trinajstić information content (AvgIpc) is 2.26. The molecule has 0 N–H and O–H groups in total. The van der Waals surface area contributed by atoms with E-state index in [0.717, 1.165) is 5.92 Å². The molecule has 1 saturated carbocycles. The molecule has 3 nitrogen and oxygen atoms in total. The van der Waals surface area contributed by atoms with Gasteiger partial charge in [0.15, 0.2) is 0 Å². The van der Waals surface area contributed by atoms with Gasteiger partial charge in [0.2, 0.25) is 0 Å². The minimum Gasteiger partial charge on any atom is -0.296 e. The number of fused-ring (bicyclic) bond motifs is 3. The molecule has 3 rings (SSSR count). The largest absolute Gasteiger partial charge is 0.296 e. The van der Waals surface area contributed by atoms with Crippen LogP contribution >= 0.6 is 0 Å². The van der Waals surface area contributed by atoms with Crippen molar-refractivity contribution in [2.45, 2.75) is 56.7 Å². The van der Waals surface area contributed by atoms with Crippen LogP contribution in [0.5, 0.6) is 0 Å². The zero-order valence-corrected chi connectivity index (χ0v) is 12.2. The van der Waals surface area contributed by atoms with Crippen molar-refractivity contribution < 1.29 is 4.21 Å². The first kappa shape index (κ1) is 13.2. The molecule has 0 aromatic heterocycles. The molecular weight excluding hydrogens is 232 g/mol. The summed E-state index contributed by atoms with van der Waals surface area (Å²) in [5.41, 5.74) is 0.0929. The molecule has 0 aromatic rings. The van der Waals surface area contributed by atoms with Gasteiger partial charge < -0.3 is 0 Å². The lowest BCUT2D eigenvalue weighted by atomic mass is 9.71. The van der Waals surface area contributed by atoms with Gasteiger partial charge in [-0.05, 0) is 59.4 Å². The van der Waals surface area contributed by atoms with Crippen LogP contribution < -0.4 is 0 Å². The topological polar surface area (TPSA) is 32.7 Å². The number of hydrogen-bond acceptors (Lipinski definition) is 2. The molecular formula is C13H24N2OS. The number of hydrogen-bond donors (Lipinski definition) is 0. The maximum atomic E-state index is 12.0. The molecule has 3 fully saturated rings. The molecule has 98 valence electrons. The Morgan fingerprint density at radius 3 is 2.41 bits per heavy atom. The van der Waals surface area contributed by atoms with E-state index in [2.05, 4.69) is 16.3 Å². The standard InChI is InChI=1S/C13H24N2OS/c1-12(2,3)17(16)14-10-13-7-5-11(6-8-13)9-15(13)4/h10-11H,5-9H2,1-4H3. The van der Waals surface area contributed by atoms with Gasteiger partial charge in [0.25, 0.3) is 0 Å². The Bertz CT molecular complexity index is 338. The molecule has 2 bridgehead atoms. The van der Waals surface area contributed by atoms with Gasteiger partial charge in [-0.25, -0.2) is 4.21 Å². The van der Waals surface area contributed by atoms with E-state index in [1.54, 1.807) is 0 Å². The zero-order chi connectivity index (χ0) is 12.7. The minimum atomic E-state index is -1.12. The van der Waals surface area contributed by atoms with Gasteiger partial charge >= 0.3 is 0 Å². The maximum Gasteiger partial charge on any atom is 0.144 e. The van der Waals surface area contributed by atoms with Crippen molar-refractivity contribution in [3.8, 4) is 0 Å². The van der Waals surface area contributed by atoms with Crippen molar-refractivity contribution in [3.05, 3.63) is 0 Å². The highest BCUT2D eigenvalue weighted by Gasteiger charge is 2.43. The molecule has 17 heavy (non-hydrogen) atoms. The van der Waals surface area contributed by atoms with Crippen LogP contribution in [0.15, 0.2) is 4.40 Å². The molecule has 1 aliphatic carbocycles. The van der Waals surface area contributed by atoms with Gasteiger partial charge in [-0.3, -0.25) is 4.90 Å². The van der Waals surface area contributed by atoms with Gasteiger partial charge in [-0.15, -0.1) is 0 Å². The first-order chi connectivity index (χ1) is 7.83. The van der Waals surface area contributed by atoms with Crippen molar-refractivity contribution >= 4 is 17.2 Å². The Labute approximate surface area is 107 Å². The predicted molar refractivity (Wildman–Crippen MR) is 73.7 cm³/mol. The molecule has 1 atom stereocenters.